The first kappa shape index (κ1) is 19.4. The highest BCUT2D eigenvalue weighted by Gasteiger charge is 2.60. The first-order valence-corrected chi connectivity index (χ1v) is 11.2. The molecule has 152 valence electrons. The van der Waals surface area contributed by atoms with Crippen molar-refractivity contribution in [2.75, 3.05) is 13.2 Å². The minimum Gasteiger partial charge on any atom is -0.330 e. The average Bonchev–Trinajstić information content (AvgIpc) is 2.95. The van der Waals surface area contributed by atoms with E-state index in [2.05, 4.69) is 32.3 Å². The Morgan fingerprint density at radius 2 is 2.04 bits per heavy atom. The zero-order valence-corrected chi connectivity index (χ0v) is 17.4. The molecule has 7 atom stereocenters. The second-order valence-corrected chi connectivity index (χ2v) is 10.3. The monoisotopic (exact) mass is 374 g/mol. The Labute approximate surface area is 164 Å². The lowest BCUT2D eigenvalue weighted by atomic mass is 9.44. The molecule has 0 aromatic rings. The number of nitrogens with two attached hydrogens (primary N) is 1. The molecule has 0 aromatic heterocycles. The molecule has 0 aromatic carbocycles. The number of allylic oxidation sites excluding steroid dienone is 2. The molecule has 0 bridgehead atoms. The van der Waals surface area contributed by atoms with Crippen molar-refractivity contribution in [2.45, 2.75) is 72.1 Å². The molecule has 4 nitrogen and oxygen atoms in total. The quantitative estimate of drug-likeness (QED) is 0.559. The Kier molecular flexibility index (Phi) is 5.17. The highest BCUT2D eigenvalue weighted by Crippen LogP contribution is 2.66. The standard InChI is InChI=1S/C23H38N2O2/c1-15-13-17-18-5-6-21(26)23(18,3)10-8-19(17)22(2)9-7-16(14-20(15)22)25-27-12-4-11-24/h14-15,17-20,25H,4-13,24H2,1-3H3/t15?,17-,18-,19+,20?,22+,23-/m0/s1. The van der Waals surface area contributed by atoms with Crippen LogP contribution in [-0.2, 0) is 9.63 Å². The summed E-state index contributed by atoms with van der Waals surface area (Å²) in [5.74, 6) is 4.00. The van der Waals surface area contributed by atoms with Crippen molar-refractivity contribution in [1.82, 2.24) is 5.48 Å². The molecule has 0 amide bonds. The molecule has 3 fully saturated rings. The first-order chi connectivity index (χ1) is 12.9. The molecule has 0 saturated heterocycles. The summed E-state index contributed by atoms with van der Waals surface area (Å²) in [4.78, 5) is 18.2. The molecule has 0 heterocycles. The smallest absolute Gasteiger partial charge is 0.139 e. The third kappa shape index (κ3) is 3.07. The molecule has 4 aliphatic rings. The SMILES string of the molecule is CC1C[C@@H]2[C@@H](CC[C@]3(C)C(=O)CC[C@@H]23)[C@@]2(C)CCC(NOCCCN)=CC12. The molecule has 0 radical (unpaired) electrons. The molecule has 4 aliphatic carbocycles. The molecular weight excluding hydrogens is 336 g/mol. The van der Waals surface area contributed by atoms with Gasteiger partial charge in [-0.05, 0) is 86.5 Å². The van der Waals surface area contributed by atoms with Gasteiger partial charge in [-0.1, -0.05) is 26.8 Å². The van der Waals surface area contributed by atoms with Crippen LogP contribution in [0.4, 0.5) is 0 Å². The maximum absolute atomic E-state index is 12.6. The summed E-state index contributed by atoms with van der Waals surface area (Å²) in [7, 11) is 0. The normalized spacial score (nSPS) is 46.3. The van der Waals surface area contributed by atoms with E-state index < -0.39 is 0 Å². The summed E-state index contributed by atoms with van der Waals surface area (Å²) in [6.07, 6.45) is 11.3. The van der Waals surface area contributed by atoms with Gasteiger partial charge in [0.15, 0.2) is 0 Å². The van der Waals surface area contributed by atoms with Crippen LogP contribution in [0.5, 0.6) is 0 Å². The molecule has 27 heavy (non-hydrogen) atoms. The maximum Gasteiger partial charge on any atom is 0.139 e. The largest absolute Gasteiger partial charge is 0.330 e. The van der Waals surface area contributed by atoms with Gasteiger partial charge in [0.2, 0.25) is 0 Å². The van der Waals surface area contributed by atoms with Gasteiger partial charge >= 0.3 is 0 Å². The summed E-state index contributed by atoms with van der Waals surface area (Å²) in [5, 5.41) is 0. The van der Waals surface area contributed by atoms with E-state index in [0.29, 0.717) is 42.1 Å². The van der Waals surface area contributed by atoms with Crippen molar-refractivity contribution >= 4 is 5.78 Å². The van der Waals surface area contributed by atoms with Gasteiger partial charge in [-0.3, -0.25) is 15.1 Å². The predicted octanol–water partition coefficient (Wildman–Crippen LogP) is 4.21. The minimum atomic E-state index is -0.0157. The molecule has 0 aliphatic heterocycles. The molecule has 3 N–H and O–H groups in total. The van der Waals surface area contributed by atoms with E-state index >= 15 is 0 Å². The fraction of sp³-hybridized carbons (Fsp3) is 0.870. The van der Waals surface area contributed by atoms with Gasteiger partial charge in [0, 0.05) is 17.5 Å². The number of hydroxylamine groups is 1. The lowest BCUT2D eigenvalue weighted by molar-refractivity contribution is -0.139. The van der Waals surface area contributed by atoms with Crippen molar-refractivity contribution in [3.63, 3.8) is 0 Å². The van der Waals surface area contributed by atoms with E-state index in [1.54, 1.807) is 0 Å². The lowest BCUT2D eigenvalue weighted by Gasteiger charge is -2.60. The Morgan fingerprint density at radius 3 is 2.81 bits per heavy atom. The molecule has 3 saturated carbocycles. The maximum atomic E-state index is 12.6. The predicted molar refractivity (Wildman–Crippen MR) is 108 cm³/mol. The number of Topliss-reactive ketones (excluding diaryl/α,β-unsaturated/α-hetero) is 1. The summed E-state index contributed by atoms with van der Waals surface area (Å²) in [6, 6.07) is 0. The Bertz CT molecular complexity index is 617. The second kappa shape index (κ2) is 7.18. The topological polar surface area (TPSA) is 64.3 Å². The van der Waals surface area contributed by atoms with Crippen molar-refractivity contribution in [3.8, 4) is 0 Å². The number of hydrogen-bond acceptors (Lipinski definition) is 4. The van der Waals surface area contributed by atoms with Crippen molar-refractivity contribution in [2.24, 2.45) is 46.2 Å². The van der Waals surface area contributed by atoms with Gasteiger partial charge in [-0.25, -0.2) is 0 Å². The fourth-order valence-electron chi connectivity index (χ4n) is 7.47. The van der Waals surface area contributed by atoms with Crippen LogP contribution in [0.3, 0.4) is 0 Å². The summed E-state index contributed by atoms with van der Waals surface area (Å²) in [6.45, 7) is 8.61. The number of carbonyl (C=O) groups excluding carboxylic acids is 1. The van der Waals surface area contributed by atoms with Crippen LogP contribution >= 0.6 is 0 Å². The average molecular weight is 375 g/mol. The van der Waals surface area contributed by atoms with Gasteiger partial charge in [0.05, 0.1) is 6.61 Å². The van der Waals surface area contributed by atoms with Gasteiger partial charge in [0.25, 0.3) is 0 Å². The number of carbonyl (C=O) groups is 1. The van der Waals surface area contributed by atoms with E-state index in [9.17, 15) is 4.79 Å². The van der Waals surface area contributed by atoms with Crippen LogP contribution in [0.15, 0.2) is 11.8 Å². The molecule has 4 heteroatoms. The van der Waals surface area contributed by atoms with Crippen LogP contribution < -0.4 is 11.2 Å². The Balaban J connectivity index is 1.52. The fourth-order valence-corrected chi connectivity index (χ4v) is 7.47. The summed E-state index contributed by atoms with van der Waals surface area (Å²) in [5.41, 5.74) is 10.4. The number of ketones is 1. The van der Waals surface area contributed by atoms with Gasteiger partial charge in [-0.2, -0.15) is 0 Å². The van der Waals surface area contributed by atoms with Gasteiger partial charge < -0.3 is 5.73 Å². The summed E-state index contributed by atoms with van der Waals surface area (Å²) >= 11 is 0. The minimum absolute atomic E-state index is 0.0157. The Morgan fingerprint density at radius 1 is 1.22 bits per heavy atom. The van der Waals surface area contributed by atoms with Crippen molar-refractivity contribution in [1.29, 1.82) is 0 Å². The summed E-state index contributed by atoms with van der Waals surface area (Å²) < 4.78 is 0. The van der Waals surface area contributed by atoms with Crippen LogP contribution in [0.2, 0.25) is 0 Å². The van der Waals surface area contributed by atoms with Crippen molar-refractivity contribution in [3.05, 3.63) is 11.8 Å². The highest BCUT2D eigenvalue weighted by atomic mass is 16.6. The van der Waals surface area contributed by atoms with E-state index in [1.165, 1.54) is 25.0 Å². The molecular formula is C23H38N2O2. The van der Waals surface area contributed by atoms with Crippen LogP contribution in [0.1, 0.15) is 72.1 Å². The van der Waals surface area contributed by atoms with E-state index in [-0.39, 0.29) is 5.41 Å². The van der Waals surface area contributed by atoms with Gasteiger partial charge in [0.1, 0.15) is 5.78 Å². The third-order valence-electron chi connectivity index (χ3n) is 8.98. The second-order valence-electron chi connectivity index (χ2n) is 10.3. The molecule has 0 spiro atoms. The Hall–Kier alpha value is -0.870. The van der Waals surface area contributed by atoms with Crippen LogP contribution in [-0.4, -0.2) is 18.9 Å². The first-order valence-electron chi connectivity index (χ1n) is 11.2. The molecule has 4 rings (SSSR count). The lowest BCUT2D eigenvalue weighted by Crippen LogP contribution is -2.54. The van der Waals surface area contributed by atoms with E-state index in [0.717, 1.165) is 43.9 Å². The number of hydrogen-bond donors (Lipinski definition) is 2. The number of fused-ring (bicyclic) bond motifs is 5. The zero-order valence-electron chi connectivity index (χ0n) is 17.4. The van der Waals surface area contributed by atoms with Crippen LogP contribution in [0.25, 0.3) is 0 Å². The number of nitrogens with one attached hydrogen (secondary N) is 1. The molecule has 2 unspecified atom stereocenters. The van der Waals surface area contributed by atoms with Crippen LogP contribution in [0, 0.1) is 40.4 Å². The van der Waals surface area contributed by atoms with Crippen molar-refractivity contribution < 1.29 is 9.63 Å². The highest BCUT2D eigenvalue weighted by molar-refractivity contribution is 5.87. The zero-order chi connectivity index (χ0) is 19.2. The number of rotatable bonds is 5. The third-order valence-corrected chi connectivity index (χ3v) is 8.98. The van der Waals surface area contributed by atoms with E-state index in [4.69, 9.17) is 10.6 Å². The van der Waals surface area contributed by atoms with E-state index in [1.807, 2.05) is 0 Å². The van der Waals surface area contributed by atoms with Gasteiger partial charge in [-0.15, -0.1) is 0 Å².